The lowest BCUT2D eigenvalue weighted by molar-refractivity contribution is -0.118. The second-order valence-corrected chi connectivity index (χ2v) is 9.71. The average molecular weight is 472 g/mol. The number of H-pyrrole nitrogens is 1. The molecule has 1 aliphatic carbocycles. The number of benzene rings is 3. The largest absolute Gasteiger partial charge is 0.325 e. The zero-order valence-corrected chi connectivity index (χ0v) is 19.0. The molecule has 0 saturated heterocycles. The molecule has 2 aromatic heterocycles. The molecule has 0 bridgehead atoms. The van der Waals surface area contributed by atoms with Crippen LogP contribution in [0, 0.1) is 0 Å². The number of nitrogens with zero attached hydrogens (tertiary/aromatic N) is 3. The number of nitrogens with one attached hydrogen (secondary N) is 2. The topological polar surface area (TPSA) is 83.6 Å². The SMILES string of the molecule is O=C(Nc1ccc(-c2cc3ccccc3s2)c(-c2nn[nH]n2)c1)C1(c2cccc(Cl)c2)CC1. The predicted molar refractivity (Wildman–Crippen MR) is 131 cm³/mol. The van der Waals surface area contributed by atoms with Crippen molar-refractivity contribution in [3.8, 4) is 21.8 Å². The third kappa shape index (κ3) is 3.59. The molecule has 1 saturated carbocycles. The van der Waals surface area contributed by atoms with Gasteiger partial charge in [0.25, 0.3) is 0 Å². The fourth-order valence-electron chi connectivity index (χ4n) is 4.22. The minimum absolute atomic E-state index is 0.0292. The summed E-state index contributed by atoms with van der Waals surface area (Å²) in [6.45, 7) is 0. The molecule has 0 atom stereocenters. The number of aromatic nitrogens is 4. The molecule has 0 radical (unpaired) electrons. The molecule has 3 aromatic carbocycles. The second-order valence-electron chi connectivity index (χ2n) is 8.19. The van der Waals surface area contributed by atoms with Gasteiger partial charge >= 0.3 is 0 Å². The molecular weight excluding hydrogens is 454 g/mol. The van der Waals surface area contributed by atoms with Gasteiger partial charge < -0.3 is 5.32 Å². The van der Waals surface area contributed by atoms with Crippen molar-refractivity contribution in [1.82, 2.24) is 20.6 Å². The Morgan fingerprint density at radius 3 is 2.64 bits per heavy atom. The summed E-state index contributed by atoms with van der Waals surface area (Å²) in [4.78, 5) is 14.4. The molecule has 0 aliphatic heterocycles. The van der Waals surface area contributed by atoms with Gasteiger partial charge in [-0.15, -0.1) is 21.5 Å². The molecule has 33 heavy (non-hydrogen) atoms. The van der Waals surface area contributed by atoms with Gasteiger partial charge in [0.2, 0.25) is 11.7 Å². The monoisotopic (exact) mass is 471 g/mol. The van der Waals surface area contributed by atoms with Gasteiger partial charge in [-0.2, -0.15) is 5.21 Å². The number of amides is 1. The maximum Gasteiger partial charge on any atom is 0.235 e. The van der Waals surface area contributed by atoms with Crippen molar-refractivity contribution in [1.29, 1.82) is 0 Å². The van der Waals surface area contributed by atoms with Crippen molar-refractivity contribution in [2.45, 2.75) is 18.3 Å². The summed E-state index contributed by atoms with van der Waals surface area (Å²) in [6, 6.07) is 23.8. The van der Waals surface area contributed by atoms with E-state index >= 15 is 0 Å². The van der Waals surface area contributed by atoms with Gasteiger partial charge in [-0.05, 0) is 65.4 Å². The molecule has 8 heteroatoms. The third-order valence-electron chi connectivity index (χ3n) is 6.12. The molecule has 0 spiro atoms. The number of thiophene rings is 1. The van der Waals surface area contributed by atoms with Crippen LogP contribution >= 0.6 is 22.9 Å². The fraction of sp³-hybridized carbons (Fsp3) is 0.120. The fourth-order valence-corrected chi connectivity index (χ4v) is 5.51. The molecule has 0 unspecified atom stereocenters. The maximum absolute atomic E-state index is 13.3. The van der Waals surface area contributed by atoms with E-state index in [0.29, 0.717) is 16.5 Å². The zero-order valence-electron chi connectivity index (χ0n) is 17.4. The Morgan fingerprint density at radius 2 is 1.88 bits per heavy atom. The number of aromatic amines is 1. The molecule has 1 amide bonds. The lowest BCUT2D eigenvalue weighted by Crippen LogP contribution is -2.27. The van der Waals surface area contributed by atoms with Gasteiger partial charge in [0.05, 0.1) is 5.41 Å². The van der Waals surface area contributed by atoms with Crippen molar-refractivity contribution in [3.63, 3.8) is 0 Å². The van der Waals surface area contributed by atoms with Crippen LogP contribution in [-0.2, 0) is 10.2 Å². The molecular formula is C25H18ClN5OS. The average Bonchev–Trinajstić information content (AvgIpc) is 3.26. The minimum atomic E-state index is -0.526. The van der Waals surface area contributed by atoms with Crippen molar-refractivity contribution < 1.29 is 4.79 Å². The number of carbonyl (C=O) groups excluding carboxylic acids is 1. The van der Waals surface area contributed by atoms with E-state index in [1.807, 2.05) is 54.6 Å². The summed E-state index contributed by atoms with van der Waals surface area (Å²) in [6.07, 6.45) is 1.60. The van der Waals surface area contributed by atoms with Crippen LogP contribution in [0.15, 0.2) is 72.8 Å². The predicted octanol–water partition coefficient (Wildman–Crippen LogP) is 6.07. The molecule has 6 rings (SSSR count). The summed E-state index contributed by atoms with van der Waals surface area (Å²) in [7, 11) is 0. The first-order valence-corrected chi connectivity index (χ1v) is 11.8. The van der Waals surface area contributed by atoms with Gasteiger partial charge in [0.15, 0.2) is 0 Å². The summed E-state index contributed by atoms with van der Waals surface area (Å²) in [5.41, 5.74) is 2.92. The van der Waals surface area contributed by atoms with E-state index in [1.165, 1.54) is 10.1 Å². The lowest BCUT2D eigenvalue weighted by Gasteiger charge is -2.17. The van der Waals surface area contributed by atoms with Gasteiger partial charge in [-0.3, -0.25) is 4.79 Å². The van der Waals surface area contributed by atoms with Crippen LogP contribution < -0.4 is 5.32 Å². The highest BCUT2D eigenvalue weighted by atomic mass is 35.5. The Labute approximate surface area is 198 Å². The number of hydrogen-bond acceptors (Lipinski definition) is 5. The number of fused-ring (bicyclic) bond motifs is 1. The number of halogens is 1. The molecule has 1 fully saturated rings. The van der Waals surface area contributed by atoms with Crippen LogP contribution in [0.4, 0.5) is 5.69 Å². The summed E-state index contributed by atoms with van der Waals surface area (Å²) >= 11 is 7.88. The standard InChI is InChI=1S/C25H18ClN5OS/c26-17-6-3-5-16(13-17)25(10-11-25)24(32)27-18-8-9-19(20(14-18)23-28-30-31-29-23)22-12-15-4-1-2-7-21(15)33-22/h1-9,12-14H,10-11H2,(H,27,32)(H,28,29,30,31). The van der Waals surface area contributed by atoms with Crippen molar-refractivity contribution in [3.05, 3.63) is 83.4 Å². The van der Waals surface area contributed by atoms with Crippen LogP contribution in [0.3, 0.4) is 0 Å². The van der Waals surface area contributed by atoms with Crippen LogP contribution in [0.25, 0.3) is 31.9 Å². The number of hydrogen-bond donors (Lipinski definition) is 2. The Bertz CT molecular complexity index is 1460. The molecule has 2 heterocycles. The van der Waals surface area contributed by atoms with Crippen LogP contribution in [0.5, 0.6) is 0 Å². The number of tetrazole rings is 1. The van der Waals surface area contributed by atoms with E-state index < -0.39 is 5.41 Å². The molecule has 1 aliphatic rings. The first-order valence-electron chi connectivity index (χ1n) is 10.6. The summed E-state index contributed by atoms with van der Waals surface area (Å²) in [5.74, 6) is 0.452. The van der Waals surface area contributed by atoms with E-state index in [0.717, 1.165) is 34.4 Å². The molecule has 2 N–H and O–H groups in total. The number of carbonyl (C=O) groups is 1. The van der Waals surface area contributed by atoms with Crippen molar-refractivity contribution in [2.24, 2.45) is 0 Å². The van der Waals surface area contributed by atoms with Crippen LogP contribution in [-0.4, -0.2) is 26.5 Å². The first-order chi connectivity index (χ1) is 16.1. The lowest BCUT2D eigenvalue weighted by atomic mass is 9.94. The molecule has 6 nitrogen and oxygen atoms in total. The highest BCUT2D eigenvalue weighted by molar-refractivity contribution is 7.22. The normalized spacial score (nSPS) is 14.3. The van der Waals surface area contributed by atoms with E-state index in [4.69, 9.17) is 11.6 Å². The first kappa shape index (κ1) is 20.1. The molecule has 5 aromatic rings. The Morgan fingerprint density at radius 1 is 1.00 bits per heavy atom. The summed E-state index contributed by atoms with van der Waals surface area (Å²) in [5, 5.41) is 19.6. The number of anilines is 1. The van der Waals surface area contributed by atoms with E-state index in [1.54, 1.807) is 11.3 Å². The van der Waals surface area contributed by atoms with E-state index in [2.05, 4.69) is 44.1 Å². The van der Waals surface area contributed by atoms with Crippen LogP contribution in [0.2, 0.25) is 5.02 Å². The Balaban J connectivity index is 1.37. The highest BCUT2D eigenvalue weighted by Gasteiger charge is 2.51. The van der Waals surface area contributed by atoms with Crippen molar-refractivity contribution >= 4 is 44.6 Å². The van der Waals surface area contributed by atoms with Gasteiger partial charge in [-0.1, -0.05) is 48.0 Å². The number of rotatable bonds is 5. The minimum Gasteiger partial charge on any atom is -0.325 e. The zero-order chi connectivity index (χ0) is 22.4. The Kier molecular flexibility index (Phi) is 4.74. The van der Waals surface area contributed by atoms with E-state index in [9.17, 15) is 4.79 Å². The highest BCUT2D eigenvalue weighted by Crippen LogP contribution is 2.49. The van der Waals surface area contributed by atoms with Gasteiger partial charge in [-0.25, -0.2) is 0 Å². The third-order valence-corrected chi connectivity index (χ3v) is 7.50. The quantitative estimate of drug-likeness (QED) is 0.325. The van der Waals surface area contributed by atoms with Crippen LogP contribution in [0.1, 0.15) is 18.4 Å². The Hall–Kier alpha value is -3.55. The second kappa shape index (κ2) is 7.79. The van der Waals surface area contributed by atoms with Crippen molar-refractivity contribution in [2.75, 3.05) is 5.32 Å². The van der Waals surface area contributed by atoms with Gasteiger partial charge in [0.1, 0.15) is 0 Å². The maximum atomic E-state index is 13.3. The van der Waals surface area contributed by atoms with E-state index in [-0.39, 0.29) is 5.91 Å². The molecule has 162 valence electrons. The van der Waals surface area contributed by atoms with Gasteiger partial charge in [0, 0.05) is 31.4 Å². The smallest absolute Gasteiger partial charge is 0.235 e. The summed E-state index contributed by atoms with van der Waals surface area (Å²) < 4.78 is 1.21.